The van der Waals surface area contributed by atoms with Crippen molar-refractivity contribution in [1.29, 1.82) is 0 Å². The molecule has 0 spiro atoms. The van der Waals surface area contributed by atoms with Crippen molar-refractivity contribution >= 4 is 28.7 Å². The summed E-state index contributed by atoms with van der Waals surface area (Å²) in [5.41, 5.74) is 3.01. The van der Waals surface area contributed by atoms with Crippen LogP contribution in [0.15, 0.2) is 95.9 Å². The van der Waals surface area contributed by atoms with E-state index in [1.807, 2.05) is 83.7 Å². The Balaban J connectivity index is 1.40. The van der Waals surface area contributed by atoms with E-state index in [9.17, 15) is 4.79 Å². The van der Waals surface area contributed by atoms with Gasteiger partial charge in [0.1, 0.15) is 0 Å². The lowest BCUT2D eigenvalue weighted by Crippen LogP contribution is -2.05. The van der Waals surface area contributed by atoms with Crippen LogP contribution in [0.5, 0.6) is 0 Å². The molecule has 0 fully saturated rings. The molecule has 5 rings (SSSR count). The molecule has 1 aliphatic heterocycles. The molecular weight excluding hydrogens is 362 g/mol. The number of ether oxygens (including phenoxy) is 1. The van der Waals surface area contributed by atoms with Crippen LogP contribution in [-0.2, 0) is 16.1 Å². The number of hydrogen-bond acceptors (Lipinski definition) is 4. The minimum atomic E-state index is -0.455. The van der Waals surface area contributed by atoms with Gasteiger partial charge in [-0.3, -0.25) is 4.68 Å². The van der Waals surface area contributed by atoms with Crippen LogP contribution in [0.2, 0.25) is 0 Å². The maximum absolute atomic E-state index is 12.3. The molecule has 1 aromatic heterocycles. The number of fused-ring (bicyclic) bond motifs is 1. The van der Waals surface area contributed by atoms with Crippen LogP contribution in [0, 0.1) is 0 Å². The van der Waals surface area contributed by atoms with Gasteiger partial charge < -0.3 is 4.74 Å². The first-order valence-corrected chi connectivity index (χ1v) is 9.33. The van der Waals surface area contributed by atoms with Gasteiger partial charge in [0.15, 0.2) is 5.70 Å². The van der Waals surface area contributed by atoms with Gasteiger partial charge in [0.2, 0.25) is 5.90 Å². The van der Waals surface area contributed by atoms with Gasteiger partial charge >= 0.3 is 5.97 Å². The molecule has 0 saturated carbocycles. The zero-order valence-corrected chi connectivity index (χ0v) is 15.5. The Morgan fingerprint density at radius 3 is 2.59 bits per heavy atom. The fraction of sp³-hybridized carbons (Fsp3) is 0.0417. The average molecular weight is 379 g/mol. The van der Waals surface area contributed by atoms with E-state index in [1.54, 1.807) is 12.3 Å². The van der Waals surface area contributed by atoms with Crippen LogP contribution >= 0.6 is 0 Å². The molecule has 0 bridgehead atoms. The van der Waals surface area contributed by atoms with E-state index in [-0.39, 0.29) is 5.70 Å². The topological polar surface area (TPSA) is 56.5 Å². The summed E-state index contributed by atoms with van der Waals surface area (Å²) in [5, 5.41) is 6.56. The van der Waals surface area contributed by atoms with E-state index in [1.165, 1.54) is 0 Å². The van der Waals surface area contributed by atoms with E-state index < -0.39 is 5.97 Å². The van der Waals surface area contributed by atoms with Crippen molar-refractivity contribution in [1.82, 2.24) is 9.78 Å². The third-order valence-electron chi connectivity index (χ3n) is 4.76. The van der Waals surface area contributed by atoms with Gasteiger partial charge in [-0.2, -0.15) is 5.10 Å². The minimum absolute atomic E-state index is 0.271. The van der Waals surface area contributed by atoms with Crippen molar-refractivity contribution in [2.75, 3.05) is 0 Å². The number of nitrogens with zero attached hydrogens (tertiary/aromatic N) is 3. The summed E-state index contributed by atoms with van der Waals surface area (Å²) < 4.78 is 7.23. The molecule has 140 valence electrons. The van der Waals surface area contributed by atoms with Crippen LogP contribution in [0.25, 0.3) is 16.8 Å². The standard InChI is InChI=1S/C24H17N3O2/c28-24-22(12-18-14-25-27(16-18)15-17-6-2-1-3-7-17)26-23(29-24)21-11-10-19-8-4-5-9-20(19)13-21/h1-14,16H,15H2/b22-12-. The van der Waals surface area contributed by atoms with Crippen molar-refractivity contribution in [3.05, 3.63) is 108 Å². The Kier molecular flexibility index (Phi) is 4.26. The van der Waals surface area contributed by atoms with Crippen LogP contribution in [-0.4, -0.2) is 21.6 Å². The highest BCUT2D eigenvalue weighted by atomic mass is 16.6. The number of rotatable bonds is 4. The van der Waals surface area contributed by atoms with Crippen LogP contribution in [0.3, 0.4) is 0 Å². The summed E-state index contributed by atoms with van der Waals surface area (Å²) in [7, 11) is 0. The predicted octanol–water partition coefficient (Wildman–Crippen LogP) is 4.43. The normalized spacial score (nSPS) is 15.0. The highest BCUT2D eigenvalue weighted by Crippen LogP contribution is 2.22. The van der Waals surface area contributed by atoms with E-state index in [4.69, 9.17) is 4.74 Å². The number of cyclic esters (lactones) is 1. The number of benzene rings is 3. The second-order valence-corrected chi connectivity index (χ2v) is 6.85. The van der Waals surface area contributed by atoms with Gasteiger partial charge in [-0.25, -0.2) is 9.79 Å². The molecule has 0 unspecified atom stereocenters. The number of esters is 1. The Bertz CT molecular complexity index is 1270. The third-order valence-corrected chi connectivity index (χ3v) is 4.76. The molecule has 2 heterocycles. The number of aliphatic imine (C=N–C) groups is 1. The summed E-state index contributed by atoms with van der Waals surface area (Å²) in [4.78, 5) is 16.7. The fourth-order valence-electron chi connectivity index (χ4n) is 3.32. The molecule has 0 N–H and O–H groups in total. The van der Waals surface area contributed by atoms with Crippen LogP contribution < -0.4 is 0 Å². The smallest absolute Gasteiger partial charge is 0.363 e. The molecule has 29 heavy (non-hydrogen) atoms. The summed E-state index contributed by atoms with van der Waals surface area (Å²) in [6, 6.07) is 24.0. The first-order chi connectivity index (χ1) is 14.2. The van der Waals surface area contributed by atoms with Crippen molar-refractivity contribution in [3.63, 3.8) is 0 Å². The lowest BCUT2D eigenvalue weighted by molar-refractivity contribution is -0.129. The highest BCUT2D eigenvalue weighted by molar-refractivity contribution is 6.13. The SMILES string of the molecule is O=C1OC(c2ccc3ccccc3c2)=N/C1=C\c1cnn(Cc2ccccc2)c1. The summed E-state index contributed by atoms with van der Waals surface area (Å²) in [5.74, 6) is -0.132. The lowest BCUT2D eigenvalue weighted by Gasteiger charge is -2.02. The van der Waals surface area contributed by atoms with Crippen LogP contribution in [0.4, 0.5) is 0 Å². The Labute approximate surface area is 167 Å². The molecule has 0 radical (unpaired) electrons. The molecule has 0 saturated heterocycles. The average Bonchev–Trinajstić information content (AvgIpc) is 3.35. The second-order valence-electron chi connectivity index (χ2n) is 6.85. The second kappa shape index (κ2) is 7.20. The molecule has 1 aliphatic rings. The zero-order valence-electron chi connectivity index (χ0n) is 15.5. The first kappa shape index (κ1) is 17.1. The van der Waals surface area contributed by atoms with Crippen molar-refractivity contribution in [3.8, 4) is 0 Å². The Morgan fingerprint density at radius 1 is 0.931 bits per heavy atom. The van der Waals surface area contributed by atoms with Gasteiger partial charge in [-0.1, -0.05) is 60.7 Å². The quantitative estimate of drug-likeness (QED) is 0.389. The molecular formula is C24H17N3O2. The summed E-state index contributed by atoms with van der Waals surface area (Å²) >= 11 is 0. The first-order valence-electron chi connectivity index (χ1n) is 9.33. The molecule has 0 amide bonds. The monoisotopic (exact) mass is 379 g/mol. The fourth-order valence-corrected chi connectivity index (χ4v) is 3.32. The highest BCUT2D eigenvalue weighted by Gasteiger charge is 2.24. The maximum atomic E-state index is 12.3. The Morgan fingerprint density at radius 2 is 1.72 bits per heavy atom. The van der Waals surface area contributed by atoms with Gasteiger partial charge in [-0.15, -0.1) is 0 Å². The molecule has 5 heteroatoms. The van der Waals surface area contributed by atoms with Gasteiger partial charge in [0.25, 0.3) is 0 Å². The van der Waals surface area contributed by atoms with Crippen molar-refractivity contribution < 1.29 is 9.53 Å². The number of aromatic nitrogens is 2. The van der Waals surface area contributed by atoms with E-state index in [0.717, 1.165) is 27.5 Å². The molecule has 0 atom stereocenters. The van der Waals surface area contributed by atoms with Crippen molar-refractivity contribution in [2.45, 2.75) is 6.54 Å². The zero-order chi connectivity index (χ0) is 19.6. The largest absolute Gasteiger partial charge is 0.402 e. The van der Waals surface area contributed by atoms with Gasteiger partial charge in [-0.05, 0) is 34.5 Å². The van der Waals surface area contributed by atoms with Crippen LogP contribution in [0.1, 0.15) is 16.7 Å². The Hall–Kier alpha value is -3.99. The molecule has 5 nitrogen and oxygen atoms in total. The number of hydrogen-bond donors (Lipinski definition) is 0. The van der Waals surface area contributed by atoms with E-state index >= 15 is 0 Å². The van der Waals surface area contributed by atoms with Gasteiger partial charge in [0, 0.05) is 17.3 Å². The maximum Gasteiger partial charge on any atom is 0.363 e. The van der Waals surface area contributed by atoms with Gasteiger partial charge in [0.05, 0.1) is 12.7 Å². The minimum Gasteiger partial charge on any atom is -0.402 e. The number of carbonyl (C=O) groups excluding carboxylic acids is 1. The van der Waals surface area contributed by atoms with Crippen molar-refractivity contribution in [2.24, 2.45) is 4.99 Å². The molecule has 4 aromatic rings. The molecule has 0 aliphatic carbocycles. The summed E-state index contributed by atoms with van der Waals surface area (Å²) in [6.07, 6.45) is 5.30. The third kappa shape index (κ3) is 3.58. The van der Waals surface area contributed by atoms with E-state index in [0.29, 0.717) is 12.4 Å². The number of carbonyl (C=O) groups is 1. The predicted molar refractivity (Wildman–Crippen MR) is 112 cm³/mol. The summed E-state index contributed by atoms with van der Waals surface area (Å²) in [6.45, 7) is 0.667. The van der Waals surface area contributed by atoms with E-state index in [2.05, 4.69) is 10.1 Å². The molecule has 3 aromatic carbocycles. The lowest BCUT2D eigenvalue weighted by atomic mass is 10.1.